The van der Waals surface area contributed by atoms with Crippen molar-refractivity contribution >= 4 is 32.9 Å². The molecule has 5 heteroatoms. The first kappa shape index (κ1) is 24.7. The number of aryl methyl sites for hydroxylation is 1. The second-order valence-electron chi connectivity index (χ2n) is 9.38. The number of hydrogen-bond donors (Lipinski definition) is 0. The summed E-state index contributed by atoms with van der Waals surface area (Å²) in [7, 11) is 0. The van der Waals surface area contributed by atoms with Crippen LogP contribution in [0.4, 0.5) is 0 Å². The second kappa shape index (κ2) is 10.6. The van der Waals surface area contributed by atoms with Gasteiger partial charge >= 0.3 is 0 Å². The summed E-state index contributed by atoms with van der Waals surface area (Å²) >= 11 is 1.53. The van der Waals surface area contributed by atoms with Crippen molar-refractivity contribution in [1.82, 2.24) is 4.98 Å². The Labute approximate surface area is 232 Å². The molecule has 2 heterocycles. The molecule has 1 aromatic heterocycles. The number of allylic oxidation sites excluding steroid dienone is 3. The molecule has 39 heavy (non-hydrogen) atoms. The standard InChI is InChI=1S/C34H26N2O2S/c1-3-37-26-18-16-24(17-19-26)33-28(20-25(21-35)34-36-29-9-5-7-11-31(29)39-34)32(23-14-12-22(2)13-15-23)27-8-4-6-10-30(27)38-33/h4-20,32H,3H2,1-2H3/b25-20+. The predicted octanol–water partition coefficient (Wildman–Crippen LogP) is 8.55. The van der Waals surface area contributed by atoms with Crippen molar-refractivity contribution in [2.75, 3.05) is 6.61 Å². The Hall–Kier alpha value is -4.66. The summed E-state index contributed by atoms with van der Waals surface area (Å²) in [6, 6.07) is 35.0. The summed E-state index contributed by atoms with van der Waals surface area (Å²) in [5.74, 6) is 2.20. The zero-order valence-corrected chi connectivity index (χ0v) is 22.5. The number of thiazole rings is 1. The van der Waals surface area contributed by atoms with E-state index in [0.29, 0.717) is 17.2 Å². The molecule has 4 aromatic carbocycles. The molecule has 1 aliphatic heterocycles. The molecule has 0 aliphatic carbocycles. The molecule has 0 radical (unpaired) electrons. The van der Waals surface area contributed by atoms with Crippen molar-refractivity contribution in [2.24, 2.45) is 0 Å². The summed E-state index contributed by atoms with van der Waals surface area (Å²) in [4.78, 5) is 4.78. The second-order valence-corrected chi connectivity index (χ2v) is 10.4. The van der Waals surface area contributed by atoms with Gasteiger partial charge < -0.3 is 9.47 Å². The van der Waals surface area contributed by atoms with Gasteiger partial charge in [-0.3, -0.25) is 0 Å². The molecule has 0 saturated heterocycles. The van der Waals surface area contributed by atoms with Gasteiger partial charge in [0.15, 0.2) is 0 Å². The van der Waals surface area contributed by atoms with E-state index in [0.717, 1.165) is 49.7 Å². The average Bonchev–Trinajstić information content (AvgIpc) is 3.41. The number of nitrogens with zero attached hydrogens (tertiary/aromatic N) is 2. The maximum Gasteiger partial charge on any atom is 0.138 e. The lowest BCUT2D eigenvalue weighted by Gasteiger charge is -2.30. The number of benzene rings is 4. The van der Waals surface area contributed by atoms with E-state index in [-0.39, 0.29) is 5.92 Å². The molecule has 0 bridgehead atoms. The fourth-order valence-electron chi connectivity index (χ4n) is 4.93. The van der Waals surface area contributed by atoms with E-state index >= 15 is 0 Å². The van der Waals surface area contributed by atoms with Crippen LogP contribution in [0.5, 0.6) is 11.5 Å². The summed E-state index contributed by atoms with van der Waals surface area (Å²) in [5, 5.41) is 11.0. The van der Waals surface area contributed by atoms with Gasteiger partial charge in [0, 0.05) is 22.6 Å². The Balaban J connectivity index is 1.59. The molecule has 0 saturated carbocycles. The number of aromatic nitrogens is 1. The fraction of sp³-hybridized carbons (Fsp3) is 0.118. The smallest absolute Gasteiger partial charge is 0.138 e. The molecule has 1 aliphatic rings. The minimum absolute atomic E-state index is 0.130. The summed E-state index contributed by atoms with van der Waals surface area (Å²) in [6.45, 7) is 4.66. The van der Waals surface area contributed by atoms with Gasteiger partial charge in [0.05, 0.1) is 22.4 Å². The summed E-state index contributed by atoms with van der Waals surface area (Å²) in [5.41, 5.74) is 6.61. The molecule has 0 spiro atoms. The topological polar surface area (TPSA) is 55.1 Å². The highest BCUT2D eigenvalue weighted by molar-refractivity contribution is 7.19. The van der Waals surface area contributed by atoms with E-state index in [4.69, 9.17) is 14.5 Å². The maximum atomic E-state index is 10.3. The SMILES string of the molecule is CCOc1ccc(C2=C(/C=C(\C#N)c3nc4ccccc4s3)C(c3ccc(C)cc3)c3ccccc3O2)cc1. The van der Waals surface area contributed by atoms with Crippen molar-refractivity contribution < 1.29 is 9.47 Å². The van der Waals surface area contributed by atoms with Crippen LogP contribution in [-0.4, -0.2) is 11.6 Å². The Bertz CT molecular complexity index is 1720. The molecular weight excluding hydrogens is 500 g/mol. The Morgan fingerprint density at radius 2 is 1.72 bits per heavy atom. The minimum atomic E-state index is -0.130. The third kappa shape index (κ3) is 4.83. The predicted molar refractivity (Wildman–Crippen MR) is 158 cm³/mol. The van der Waals surface area contributed by atoms with Crippen LogP contribution in [0.15, 0.2) is 109 Å². The number of ether oxygens (including phenoxy) is 2. The van der Waals surface area contributed by atoms with Crippen LogP contribution >= 0.6 is 11.3 Å². The van der Waals surface area contributed by atoms with Gasteiger partial charge in [-0.2, -0.15) is 5.26 Å². The Kier molecular flexibility index (Phi) is 6.71. The highest BCUT2D eigenvalue weighted by Gasteiger charge is 2.31. The number of para-hydroxylation sites is 2. The monoisotopic (exact) mass is 526 g/mol. The van der Waals surface area contributed by atoms with Crippen LogP contribution in [0.25, 0.3) is 21.5 Å². The van der Waals surface area contributed by atoms with Gasteiger partial charge in [0.2, 0.25) is 0 Å². The third-order valence-electron chi connectivity index (χ3n) is 6.80. The largest absolute Gasteiger partial charge is 0.494 e. The molecule has 1 unspecified atom stereocenters. The number of rotatable bonds is 6. The van der Waals surface area contributed by atoms with Crippen molar-refractivity contribution in [3.63, 3.8) is 0 Å². The maximum absolute atomic E-state index is 10.3. The van der Waals surface area contributed by atoms with Crippen molar-refractivity contribution in [3.8, 4) is 17.6 Å². The zero-order valence-electron chi connectivity index (χ0n) is 21.7. The Morgan fingerprint density at radius 3 is 2.46 bits per heavy atom. The molecule has 190 valence electrons. The average molecular weight is 527 g/mol. The van der Waals surface area contributed by atoms with E-state index in [1.807, 2.05) is 79.7 Å². The lowest BCUT2D eigenvalue weighted by Crippen LogP contribution is -2.16. The van der Waals surface area contributed by atoms with Gasteiger partial charge in [0.1, 0.15) is 28.3 Å². The molecule has 1 atom stereocenters. The van der Waals surface area contributed by atoms with Crippen molar-refractivity contribution in [3.05, 3.63) is 136 Å². The van der Waals surface area contributed by atoms with Crippen LogP contribution in [0.2, 0.25) is 0 Å². The summed E-state index contributed by atoms with van der Waals surface area (Å²) < 4.78 is 13.3. The Morgan fingerprint density at radius 1 is 0.974 bits per heavy atom. The third-order valence-corrected chi connectivity index (χ3v) is 7.87. The van der Waals surface area contributed by atoms with Gasteiger partial charge in [-0.1, -0.05) is 60.2 Å². The first-order chi connectivity index (χ1) is 19.1. The van der Waals surface area contributed by atoms with Crippen LogP contribution in [0.3, 0.4) is 0 Å². The van der Waals surface area contributed by atoms with Gasteiger partial charge in [-0.05, 0) is 68.0 Å². The van der Waals surface area contributed by atoms with E-state index < -0.39 is 0 Å². The highest BCUT2D eigenvalue weighted by Crippen LogP contribution is 2.47. The van der Waals surface area contributed by atoms with Gasteiger partial charge in [-0.25, -0.2) is 4.98 Å². The van der Waals surface area contributed by atoms with Gasteiger partial charge in [0.25, 0.3) is 0 Å². The lowest BCUT2D eigenvalue weighted by atomic mass is 9.80. The van der Waals surface area contributed by atoms with Crippen LogP contribution in [0, 0.1) is 18.3 Å². The molecule has 4 nitrogen and oxygen atoms in total. The van der Waals surface area contributed by atoms with Crippen molar-refractivity contribution in [2.45, 2.75) is 19.8 Å². The van der Waals surface area contributed by atoms with E-state index in [2.05, 4.69) is 43.3 Å². The summed E-state index contributed by atoms with van der Waals surface area (Å²) in [6.07, 6.45) is 1.96. The highest BCUT2D eigenvalue weighted by atomic mass is 32.1. The van der Waals surface area contributed by atoms with Crippen LogP contribution < -0.4 is 9.47 Å². The molecule has 0 N–H and O–H groups in total. The van der Waals surface area contributed by atoms with E-state index in [9.17, 15) is 5.26 Å². The van der Waals surface area contributed by atoms with Gasteiger partial charge in [-0.15, -0.1) is 11.3 Å². The van der Waals surface area contributed by atoms with Crippen molar-refractivity contribution in [1.29, 1.82) is 5.26 Å². The lowest BCUT2D eigenvalue weighted by molar-refractivity contribution is 0.340. The van der Waals surface area contributed by atoms with E-state index in [1.165, 1.54) is 16.9 Å². The number of nitriles is 1. The first-order valence-corrected chi connectivity index (χ1v) is 13.7. The number of hydrogen-bond acceptors (Lipinski definition) is 5. The van der Waals surface area contributed by atoms with E-state index in [1.54, 1.807) is 0 Å². The molecule has 0 amide bonds. The zero-order chi connectivity index (χ0) is 26.8. The van der Waals surface area contributed by atoms with Crippen LogP contribution in [-0.2, 0) is 0 Å². The molecular formula is C34H26N2O2S. The quantitative estimate of drug-likeness (QED) is 0.208. The normalized spacial score (nSPS) is 15.0. The molecule has 5 aromatic rings. The number of fused-ring (bicyclic) bond motifs is 2. The minimum Gasteiger partial charge on any atom is -0.494 e. The van der Waals surface area contributed by atoms with Crippen LogP contribution in [0.1, 0.15) is 40.1 Å². The molecule has 6 rings (SSSR count). The first-order valence-electron chi connectivity index (χ1n) is 12.9. The fourth-order valence-corrected chi connectivity index (χ4v) is 5.86. The molecule has 0 fully saturated rings.